The molecule has 0 aliphatic carbocycles. The number of fused-ring (bicyclic) bond motifs is 1. The maximum absolute atomic E-state index is 5.76. The van der Waals surface area contributed by atoms with Gasteiger partial charge in [0.2, 0.25) is 5.75 Å². The molecule has 0 radical (unpaired) electrons. The van der Waals surface area contributed by atoms with Gasteiger partial charge in [-0.3, -0.25) is 0 Å². The third kappa shape index (κ3) is 6.02. The highest BCUT2D eigenvalue weighted by Crippen LogP contribution is 2.38. The van der Waals surface area contributed by atoms with Gasteiger partial charge in [-0.05, 0) is 25.1 Å². The van der Waals surface area contributed by atoms with Crippen molar-refractivity contribution in [3.63, 3.8) is 0 Å². The summed E-state index contributed by atoms with van der Waals surface area (Å²) in [4.78, 5) is 0. The molecule has 0 unspecified atom stereocenters. The number of hydrogen-bond donors (Lipinski definition) is 1. The molecular weight excluding hydrogens is 290 g/mol. The minimum atomic E-state index is 0. The van der Waals surface area contributed by atoms with Crippen LogP contribution < -0.4 is 31.9 Å². The Morgan fingerprint density at radius 1 is 1.10 bits per heavy atom. The molecule has 0 aromatic heterocycles. The summed E-state index contributed by atoms with van der Waals surface area (Å²) in [6, 6.07) is 5.77. The molecule has 0 fully saturated rings. The summed E-state index contributed by atoms with van der Waals surface area (Å²) in [7, 11) is 0. The largest absolute Gasteiger partial charge is 1.00 e. The molecule has 0 amide bonds. The van der Waals surface area contributed by atoms with E-state index < -0.39 is 0 Å². The Hall–Kier alpha value is -1.13. The van der Waals surface area contributed by atoms with E-state index in [0.717, 1.165) is 30.3 Å². The molecule has 0 atom stereocenters. The molecule has 4 nitrogen and oxygen atoms in total. The number of halogens is 1. The molecule has 120 valence electrons. The first-order valence-electron chi connectivity index (χ1n) is 7.64. The van der Waals surface area contributed by atoms with Crippen molar-refractivity contribution in [2.45, 2.75) is 32.6 Å². The zero-order valence-corrected chi connectivity index (χ0v) is 13.5. The van der Waals surface area contributed by atoms with Crippen LogP contribution >= 0.6 is 0 Å². The molecule has 0 saturated carbocycles. The fraction of sp³-hybridized carbons (Fsp3) is 0.625. The lowest BCUT2D eigenvalue weighted by molar-refractivity contribution is -0.00000517. The monoisotopic (exact) mass is 314 g/mol. The first-order valence-corrected chi connectivity index (χ1v) is 7.64. The van der Waals surface area contributed by atoms with Gasteiger partial charge < -0.3 is 31.9 Å². The van der Waals surface area contributed by atoms with E-state index in [-0.39, 0.29) is 12.4 Å². The zero-order valence-electron chi connectivity index (χ0n) is 12.7. The minimum absolute atomic E-state index is 0. The summed E-state index contributed by atoms with van der Waals surface area (Å²) in [6.45, 7) is 5.99. The van der Waals surface area contributed by atoms with Gasteiger partial charge in [-0.1, -0.05) is 32.3 Å². The van der Waals surface area contributed by atoms with Gasteiger partial charge in [0.15, 0.2) is 11.5 Å². The van der Waals surface area contributed by atoms with Crippen molar-refractivity contribution in [3.8, 4) is 17.2 Å². The second-order valence-electron chi connectivity index (χ2n) is 4.94. The maximum atomic E-state index is 5.76. The van der Waals surface area contributed by atoms with Crippen molar-refractivity contribution in [2.75, 3.05) is 32.9 Å². The van der Waals surface area contributed by atoms with Crippen LogP contribution in [-0.4, -0.2) is 32.9 Å². The lowest BCUT2D eigenvalue weighted by Crippen LogP contribution is -3.00. The minimum Gasteiger partial charge on any atom is -1.00 e. The van der Waals surface area contributed by atoms with Crippen molar-refractivity contribution in [1.29, 1.82) is 0 Å². The van der Waals surface area contributed by atoms with Crippen LogP contribution in [0.1, 0.15) is 32.6 Å². The predicted molar refractivity (Wildman–Crippen MR) is 79.9 cm³/mol. The van der Waals surface area contributed by atoms with Gasteiger partial charge in [0.1, 0.15) is 19.8 Å². The lowest BCUT2D eigenvalue weighted by Gasteiger charge is -2.20. The summed E-state index contributed by atoms with van der Waals surface area (Å²) < 4.78 is 16.9. The Balaban J connectivity index is 0.00000220. The second-order valence-corrected chi connectivity index (χ2v) is 4.94. The molecule has 1 aromatic carbocycles. The molecule has 5 heteroatoms. The molecular formula is C16H25ClNO3-. The van der Waals surface area contributed by atoms with Crippen molar-refractivity contribution in [3.05, 3.63) is 18.2 Å². The molecule has 0 bridgehead atoms. The molecule has 1 aliphatic rings. The summed E-state index contributed by atoms with van der Waals surface area (Å²) in [5, 5.41) is 3.40. The summed E-state index contributed by atoms with van der Waals surface area (Å²) in [6.07, 6.45) is 5.16. The fourth-order valence-electron chi connectivity index (χ4n) is 2.20. The van der Waals surface area contributed by atoms with E-state index in [9.17, 15) is 0 Å². The summed E-state index contributed by atoms with van der Waals surface area (Å²) in [5.41, 5.74) is 0. The average molecular weight is 315 g/mol. The standard InChI is InChI=1S/C16H25NO3.ClH/c1-2-3-4-5-9-17-10-11-18-14-7-6-8-15-16(14)20-13-12-19-15;/h6-8,17H,2-5,9-13H2,1H3;1H/p-1. The molecule has 0 saturated heterocycles. The molecule has 0 spiro atoms. The van der Waals surface area contributed by atoms with Gasteiger partial charge in [0.25, 0.3) is 0 Å². The Kier molecular flexibility index (Phi) is 9.02. The predicted octanol–water partition coefficient (Wildman–Crippen LogP) is 0.0105. The molecule has 1 aromatic rings. The van der Waals surface area contributed by atoms with Crippen LogP contribution in [0.4, 0.5) is 0 Å². The normalized spacial score (nSPS) is 12.6. The van der Waals surface area contributed by atoms with E-state index in [1.807, 2.05) is 18.2 Å². The maximum Gasteiger partial charge on any atom is 0.203 e. The second kappa shape index (κ2) is 10.6. The van der Waals surface area contributed by atoms with Crippen molar-refractivity contribution < 1.29 is 26.6 Å². The van der Waals surface area contributed by atoms with Gasteiger partial charge in [0, 0.05) is 6.54 Å². The third-order valence-electron chi connectivity index (χ3n) is 3.27. The molecule has 1 heterocycles. The van der Waals surface area contributed by atoms with Gasteiger partial charge in [0.05, 0.1) is 0 Å². The van der Waals surface area contributed by atoms with Crippen LogP contribution in [0.3, 0.4) is 0 Å². The lowest BCUT2D eigenvalue weighted by atomic mass is 10.2. The van der Waals surface area contributed by atoms with Gasteiger partial charge in [-0.25, -0.2) is 0 Å². The number of benzene rings is 1. The van der Waals surface area contributed by atoms with Gasteiger partial charge in [-0.2, -0.15) is 0 Å². The number of ether oxygens (including phenoxy) is 3. The van der Waals surface area contributed by atoms with Crippen LogP contribution in [0.25, 0.3) is 0 Å². The smallest absolute Gasteiger partial charge is 0.203 e. The van der Waals surface area contributed by atoms with Gasteiger partial charge >= 0.3 is 0 Å². The third-order valence-corrected chi connectivity index (χ3v) is 3.27. The Bertz CT molecular complexity index is 401. The molecule has 1 aliphatic heterocycles. The topological polar surface area (TPSA) is 39.7 Å². The van der Waals surface area contributed by atoms with E-state index in [2.05, 4.69) is 12.2 Å². The number of rotatable bonds is 9. The van der Waals surface area contributed by atoms with E-state index in [1.54, 1.807) is 0 Å². The number of nitrogens with one attached hydrogen (secondary N) is 1. The SMILES string of the molecule is CCCCCCNCCOc1cccc2c1OCCO2.[Cl-]. The average Bonchev–Trinajstić information content (AvgIpc) is 2.50. The molecule has 2 rings (SSSR count). The van der Waals surface area contributed by atoms with E-state index in [1.165, 1.54) is 25.7 Å². The van der Waals surface area contributed by atoms with Crippen LogP contribution in [0.2, 0.25) is 0 Å². The number of hydrogen-bond acceptors (Lipinski definition) is 4. The number of unbranched alkanes of at least 4 members (excludes halogenated alkanes) is 3. The molecule has 21 heavy (non-hydrogen) atoms. The highest BCUT2D eigenvalue weighted by Gasteiger charge is 2.16. The van der Waals surface area contributed by atoms with Crippen LogP contribution in [0.15, 0.2) is 18.2 Å². The Morgan fingerprint density at radius 2 is 1.95 bits per heavy atom. The summed E-state index contributed by atoms with van der Waals surface area (Å²) in [5.74, 6) is 2.29. The van der Waals surface area contributed by atoms with Crippen molar-refractivity contribution >= 4 is 0 Å². The Morgan fingerprint density at radius 3 is 2.81 bits per heavy atom. The van der Waals surface area contributed by atoms with Crippen molar-refractivity contribution in [2.24, 2.45) is 0 Å². The quantitative estimate of drug-likeness (QED) is 0.652. The highest BCUT2D eigenvalue weighted by atomic mass is 35.5. The van der Waals surface area contributed by atoms with Crippen LogP contribution in [-0.2, 0) is 0 Å². The highest BCUT2D eigenvalue weighted by molar-refractivity contribution is 5.51. The van der Waals surface area contributed by atoms with Crippen LogP contribution in [0, 0.1) is 0 Å². The van der Waals surface area contributed by atoms with E-state index in [4.69, 9.17) is 14.2 Å². The van der Waals surface area contributed by atoms with E-state index >= 15 is 0 Å². The summed E-state index contributed by atoms with van der Waals surface area (Å²) >= 11 is 0. The zero-order chi connectivity index (χ0) is 14.0. The first-order chi connectivity index (χ1) is 9.92. The Labute approximate surface area is 133 Å². The van der Waals surface area contributed by atoms with Crippen LogP contribution in [0.5, 0.6) is 17.2 Å². The van der Waals surface area contributed by atoms with Gasteiger partial charge in [-0.15, -0.1) is 0 Å². The number of para-hydroxylation sites is 1. The first kappa shape index (κ1) is 17.9. The molecule has 1 N–H and O–H groups in total. The van der Waals surface area contributed by atoms with Crippen molar-refractivity contribution in [1.82, 2.24) is 5.32 Å². The van der Waals surface area contributed by atoms with E-state index in [0.29, 0.717) is 19.8 Å². The fourth-order valence-corrected chi connectivity index (χ4v) is 2.20.